The molecule has 0 radical (unpaired) electrons. The van der Waals surface area contributed by atoms with Crippen molar-refractivity contribution in [2.24, 2.45) is 0 Å². The fourth-order valence-electron chi connectivity index (χ4n) is 1.98. The van der Waals surface area contributed by atoms with Crippen molar-refractivity contribution >= 4 is 21.4 Å². The van der Waals surface area contributed by atoms with Crippen LogP contribution in [0, 0.1) is 13.8 Å². The summed E-state index contributed by atoms with van der Waals surface area (Å²) in [4.78, 5) is 5.22. The molecule has 0 aliphatic heterocycles. The van der Waals surface area contributed by atoms with Crippen LogP contribution < -0.4 is 4.72 Å². The van der Waals surface area contributed by atoms with Gasteiger partial charge in [0.25, 0.3) is 6.43 Å². The van der Waals surface area contributed by atoms with Gasteiger partial charge in [0.05, 0.1) is 10.7 Å². The molecule has 1 saturated carbocycles. The van der Waals surface area contributed by atoms with Gasteiger partial charge in [0.1, 0.15) is 4.75 Å². The number of hydrogen-bond donors (Lipinski definition) is 1. The molecule has 2 rings (SSSR count). The summed E-state index contributed by atoms with van der Waals surface area (Å²) in [5.41, 5.74) is 0.872. The maximum atomic E-state index is 12.8. The molecule has 1 N–H and O–H groups in total. The van der Waals surface area contributed by atoms with Crippen LogP contribution in [0.3, 0.4) is 0 Å². The highest BCUT2D eigenvalue weighted by molar-refractivity contribution is 7.91. The van der Waals surface area contributed by atoms with E-state index in [0.717, 1.165) is 15.6 Å². The second-order valence-electron chi connectivity index (χ2n) is 4.75. The molecule has 0 aromatic carbocycles. The third-order valence-electron chi connectivity index (χ3n) is 3.32. The summed E-state index contributed by atoms with van der Waals surface area (Å²) in [5.74, 6) is 0. The van der Waals surface area contributed by atoms with Crippen molar-refractivity contribution in [1.29, 1.82) is 0 Å². The predicted molar refractivity (Wildman–Crippen MR) is 70.2 cm³/mol. The van der Waals surface area contributed by atoms with E-state index in [-0.39, 0.29) is 19.4 Å². The Morgan fingerprint density at radius 1 is 1.42 bits per heavy atom. The van der Waals surface area contributed by atoms with Crippen molar-refractivity contribution in [2.75, 3.05) is 6.54 Å². The van der Waals surface area contributed by atoms with Crippen molar-refractivity contribution in [3.8, 4) is 0 Å². The Labute approximate surface area is 115 Å². The molecule has 1 aliphatic carbocycles. The first-order valence-electron chi connectivity index (χ1n) is 5.99. The molecule has 1 heterocycles. The van der Waals surface area contributed by atoms with Crippen LogP contribution in [0.1, 0.15) is 28.4 Å². The van der Waals surface area contributed by atoms with Gasteiger partial charge in [0.15, 0.2) is 0 Å². The number of aromatic nitrogens is 1. The van der Waals surface area contributed by atoms with Crippen LogP contribution >= 0.6 is 11.3 Å². The Hall–Kier alpha value is -0.600. The molecule has 4 nitrogen and oxygen atoms in total. The zero-order valence-corrected chi connectivity index (χ0v) is 12.4. The molecular formula is C11H16F2N2O2S2. The number of sulfonamides is 1. The molecule has 0 amide bonds. The number of thiazole rings is 1. The predicted octanol–water partition coefficient (Wildman–Crippen LogP) is 2.02. The highest BCUT2D eigenvalue weighted by Gasteiger charge is 2.61. The van der Waals surface area contributed by atoms with Gasteiger partial charge in [-0.05, 0) is 33.1 Å². The number of aryl methyl sites for hydroxylation is 2. The highest BCUT2D eigenvalue weighted by Crippen LogP contribution is 2.47. The van der Waals surface area contributed by atoms with E-state index in [1.54, 1.807) is 0 Å². The van der Waals surface area contributed by atoms with Crippen LogP contribution in [-0.2, 0) is 16.4 Å². The van der Waals surface area contributed by atoms with E-state index in [4.69, 9.17) is 0 Å². The second kappa shape index (κ2) is 5.06. The minimum atomic E-state index is -3.94. The topological polar surface area (TPSA) is 59.1 Å². The highest BCUT2D eigenvalue weighted by atomic mass is 32.2. The van der Waals surface area contributed by atoms with Gasteiger partial charge in [-0.1, -0.05) is 0 Å². The third kappa shape index (κ3) is 2.80. The monoisotopic (exact) mass is 310 g/mol. The van der Waals surface area contributed by atoms with E-state index in [1.807, 2.05) is 13.8 Å². The normalized spacial score (nSPS) is 17.9. The van der Waals surface area contributed by atoms with Crippen LogP contribution in [0.5, 0.6) is 0 Å². The smallest absolute Gasteiger partial charge is 0.247 e. The number of alkyl halides is 2. The first-order valence-corrected chi connectivity index (χ1v) is 8.29. The summed E-state index contributed by atoms with van der Waals surface area (Å²) in [6, 6.07) is 0. The minimum absolute atomic E-state index is 0.0404. The van der Waals surface area contributed by atoms with Crippen molar-refractivity contribution in [2.45, 2.75) is 44.3 Å². The molecule has 19 heavy (non-hydrogen) atoms. The van der Waals surface area contributed by atoms with Gasteiger partial charge in [-0.2, -0.15) is 0 Å². The number of nitrogens with zero attached hydrogens (tertiary/aromatic N) is 1. The van der Waals surface area contributed by atoms with Gasteiger partial charge in [-0.15, -0.1) is 11.3 Å². The zero-order chi connectivity index (χ0) is 14.3. The number of rotatable bonds is 6. The number of hydrogen-bond acceptors (Lipinski definition) is 4. The largest absolute Gasteiger partial charge is 0.259 e. The molecule has 1 aromatic heterocycles. The summed E-state index contributed by atoms with van der Waals surface area (Å²) in [6.45, 7) is 3.87. The summed E-state index contributed by atoms with van der Waals surface area (Å²) < 4.78 is 49.6. The number of nitrogens with one attached hydrogen (secondary N) is 1. The van der Waals surface area contributed by atoms with Gasteiger partial charge in [-0.3, -0.25) is 0 Å². The molecule has 0 saturated heterocycles. The molecule has 0 unspecified atom stereocenters. The third-order valence-corrected chi connectivity index (χ3v) is 6.69. The maximum Gasteiger partial charge on any atom is 0.259 e. The lowest BCUT2D eigenvalue weighted by atomic mass is 10.3. The van der Waals surface area contributed by atoms with E-state index in [1.165, 1.54) is 11.3 Å². The van der Waals surface area contributed by atoms with E-state index in [2.05, 4.69) is 9.71 Å². The quantitative estimate of drug-likeness (QED) is 0.874. The van der Waals surface area contributed by atoms with Crippen LogP contribution in [0.25, 0.3) is 0 Å². The van der Waals surface area contributed by atoms with Gasteiger partial charge in [-0.25, -0.2) is 26.9 Å². The van der Waals surface area contributed by atoms with E-state index in [9.17, 15) is 17.2 Å². The maximum absolute atomic E-state index is 12.8. The van der Waals surface area contributed by atoms with E-state index < -0.39 is 21.2 Å². The van der Waals surface area contributed by atoms with Gasteiger partial charge in [0, 0.05) is 11.4 Å². The Morgan fingerprint density at radius 3 is 2.47 bits per heavy atom. The Kier molecular flexibility index (Phi) is 3.95. The van der Waals surface area contributed by atoms with Gasteiger partial charge in [0.2, 0.25) is 10.0 Å². The first-order chi connectivity index (χ1) is 8.78. The molecular weight excluding hydrogens is 294 g/mol. The molecule has 1 aliphatic rings. The molecule has 8 heteroatoms. The molecule has 108 valence electrons. The summed E-state index contributed by atoms with van der Waals surface area (Å²) in [6.07, 6.45) is -2.26. The van der Waals surface area contributed by atoms with Crippen molar-refractivity contribution < 1.29 is 17.2 Å². The minimum Gasteiger partial charge on any atom is -0.247 e. The molecule has 0 spiro atoms. The fourth-order valence-corrected chi connectivity index (χ4v) is 4.44. The van der Waals surface area contributed by atoms with Crippen molar-refractivity contribution in [3.05, 3.63) is 15.6 Å². The van der Waals surface area contributed by atoms with Crippen LogP contribution in [0.2, 0.25) is 0 Å². The first kappa shape index (κ1) is 14.8. The van der Waals surface area contributed by atoms with Crippen LogP contribution in [0.4, 0.5) is 8.78 Å². The lowest BCUT2D eigenvalue weighted by Gasteiger charge is -2.15. The van der Waals surface area contributed by atoms with Crippen molar-refractivity contribution in [3.63, 3.8) is 0 Å². The fraction of sp³-hybridized carbons (Fsp3) is 0.727. The summed E-state index contributed by atoms with van der Waals surface area (Å²) in [7, 11) is -3.94. The zero-order valence-electron chi connectivity index (χ0n) is 10.7. The average molecular weight is 310 g/mol. The number of halogens is 2. The van der Waals surface area contributed by atoms with Crippen LogP contribution in [-0.4, -0.2) is 31.1 Å². The summed E-state index contributed by atoms with van der Waals surface area (Å²) in [5, 5.41) is 0.918. The van der Waals surface area contributed by atoms with Crippen molar-refractivity contribution in [1.82, 2.24) is 9.71 Å². The second-order valence-corrected chi connectivity index (χ2v) is 8.15. The van der Waals surface area contributed by atoms with Crippen LogP contribution in [0.15, 0.2) is 0 Å². The molecule has 1 aromatic rings. The SMILES string of the molecule is Cc1nc(C)c(CCNS(=O)(=O)C2(C(F)F)CC2)s1. The standard InChI is InChI=1S/C11H16F2N2O2S2/c1-7-9(18-8(2)15-7)3-6-14-19(16,17)11(4-5-11)10(12)13/h10,14H,3-6H2,1-2H3. The Bertz CT molecular complexity index is 565. The van der Waals surface area contributed by atoms with Gasteiger partial charge >= 0.3 is 0 Å². The van der Waals surface area contributed by atoms with E-state index >= 15 is 0 Å². The molecule has 1 fully saturated rings. The van der Waals surface area contributed by atoms with E-state index in [0.29, 0.717) is 6.42 Å². The Morgan fingerprint density at radius 2 is 2.05 bits per heavy atom. The average Bonchev–Trinajstić information content (AvgIpc) is 3.03. The van der Waals surface area contributed by atoms with Gasteiger partial charge < -0.3 is 0 Å². The molecule has 0 bridgehead atoms. The Balaban J connectivity index is 1.95. The molecule has 0 atom stereocenters. The lowest BCUT2D eigenvalue weighted by Crippen LogP contribution is -2.41. The summed E-state index contributed by atoms with van der Waals surface area (Å²) >= 11 is 1.50. The lowest BCUT2D eigenvalue weighted by molar-refractivity contribution is 0.132.